The molecule has 1 aromatic rings. The highest BCUT2D eigenvalue weighted by atomic mass is 19.1. The van der Waals surface area contributed by atoms with Crippen molar-refractivity contribution in [1.29, 1.82) is 0 Å². The summed E-state index contributed by atoms with van der Waals surface area (Å²) >= 11 is 0. The van der Waals surface area contributed by atoms with E-state index < -0.39 is 12.1 Å². The Bertz CT molecular complexity index is 1180. The lowest BCUT2D eigenvalue weighted by Gasteiger charge is -2.33. The van der Waals surface area contributed by atoms with Gasteiger partial charge in [0.25, 0.3) is 0 Å². The second-order valence-corrected chi connectivity index (χ2v) is 9.04. The van der Waals surface area contributed by atoms with Crippen molar-refractivity contribution >= 4 is 11.5 Å². The second-order valence-electron chi connectivity index (χ2n) is 9.04. The van der Waals surface area contributed by atoms with Crippen LogP contribution in [0.15, 0.2) is 59.0 Å². The summed E-state index contributed by atoms with van der Waals surface area (Å²) in [4.78, 5) is 14.0. The number of carbonyl (C=O) groups is 1. The summed E-state index contributed by atoms with van der Waals surface area (Å²) < 4.78 is 19.8. The molecule has 3 heterocycles. The molecule has 1 fully saturated rings. The molecule has 0 aromatic heterocycles. The Hall–Kier alpha value is -2.92. The van der Waals surface area contributed by atoms with Crippen molar-refractivity contribution < 1.29 is 19.0 Å². The molecule has 1 aromatic carbocycles. The minimum Gasteiger partial charge on any atom is -0.459 e. The van der Waals surface area contributed by atoms with Gasteiger partial charge in [-0.1, -0.05) is 26.5 Å². The standard InChI is InChI=1S/C27H28FNO3/c1-5-7-17-10-23(28)14(2)18-8-6-9-19(25(17)18)21-12-29-16(4)22-13-32-27(31)26(30)20(22)11-24(29)15(21)3/h10-11,26,30H,3-9,12-13H2,1-2H3/b21-19-. The van der Waals surface area contributed by atoms with Crippen LogP contribution in [0, 0.1) is 12.7 Å². The lowest BCUT2D eigenvalue weighted by molar-refractivity contribution is -0.151. The summed E-state index contributed by atoms with van der Waals surface area (Å²) in [5.41, 5.74) is 10.3. The van der Waals surface area contributed by atoms with Gasteiger partial charge in [0.2, 0.25) is 0 Å². The molecule has 5 rings (SSSR count). The van der Waals surface area contributed by atoms with Crippen LogP contribution in [-0.2, 0) is 22.4 Å². The van der Waals surface area contributed by atoms with Gasteiger partial charge in [-0.15, -0.1) is 0 Å². The molecule has 0 bridgehead atoms. The minimum atomic E-state index is -1.30. The lowest BCUT2D eigenvalue weighted by Crippen LogP contribution is -2.36. The molecule has 0 saturated carbocycles. The number of halogens is 1. The van der Waals surface area contributed by atoms with Crippen molar-refractivity contribution in [2.45, 2.75) is 52.1 Å². The van der Waals surface area contributed by atoms with Crippen molar-refractivity contribution in [1.82, 2.24) is 4.90 Å². The highest BCUT2D eigenvalue weighted by Gasteiger charge is 2.40. The van der Waals surface area contributed by atoms with E-state index >= 15 is 0 Å². The summed E-state index contributed by atoms with van der Waals surface area (Å²) in [5.74, 6) is -0.750. The lowest BCUT2D eigenvalue weighted by atomic mass is 9.78. The smallest absolute Gasteiger partial charge is 0.340 e. The van der Waals surface area contributed by atoms with Gasteiger partial charge in [-0.25, -0.2) is 9.18 Å². The van der Waals surface area contributed by atoms with E-state index in [1.54, 1.807) is 6.07 Å². The number of hydrogen-bond donors (Lipinski definition) is 1. The molecule has 1 unspecified atom stereocenters. The van der Waals surface area contributed by atoms with Crippen molar-refractivity contribution in [2.24, 2.45) is 0 Å². The van der Waals surface area contributed by atoms with Crippen molar-refractivity contribution in [2.75, 3.05) is 13.2 Å². The Morgan fingerprint density at radius 1 is 1.25 bits per heavy atom. The average Bonchev–Trinajstić information content (AvgIpc) is 3.11. The van der Waals surface area contributed by atoms with Crippen molar-refractivity contribution in [3.8, 4) is 0 Å². The maximum atomic E-state index is 14.7. The van der Waals surface area contributed by atoms with E-state index in [2.05, 4.69) is 25.0 Å². The van der Waals surface area contributed by atoms with Crippen LogP contribution in [0.4, 0.5) is 4.39 Å². The van der Waals surface area contributed by atoms with Crippen LogP contribution >= 0.6 is 0 Å². The minimum absolute atomic E-state index is 0.116. The monoisotopic (exact) mass is 433 g/mol. The Balaban J connectivity index is 1.65. The van der Waals surface area contributed by atoms with Gasteiger partial charge in [0.15, 0.2) is 6.10 Å². The fraction of sp³-hybridized carbons (Fsp3) is 0.370. The zero-order chi connectivity index (χ0) is 22.7. The third-order valence-electron chi connectivity index (χ3n) is 7.25. The Kier molecular flexibility index (Phi) is 4.97. The Morgan fingerprint density at radius 3 is 2.78 bits per heavy atom. The highest BCUT2D eigenvalue weighted by molar-refractivity contribution is 5.85. The SMILES string of the molecule is C=C1C2=CC3=C(COC(=O)C3O)C(=C)N2C/C1=C1\CCCc2c(C)c(F)cc(CCC)c21. The van der Waals surface area contributed by atoms with E-state index in [4.69, 9.17) is 4.74 Å². The number of benzene rings is 1. The first kappa shape index (κ1) is 21.0. The molecule has 3 aliphatic heterocycles. The molecular formula is C27H28FNO3. The predicted octanol–water partition coefficient (Wildman–Crippen LogP) is 4.67. The first-order chi connectivity index (χ1) is 15.3. The number of cyclic esters (lactones) is 1. The Morgan fingerprint density at radius 2 is 2.03 bits per heavy atom. The predicted molar refractivity (Wildman–Crippen MR) is 122 cm³/mol. The highest BCUT2D eigenvalue weighted by Crippen LogP contribution is 2.47. The number of allylic oxidation sites excluding steroid dienone is 2. The number of ether oxygens (including phenoxy) is 1. The fourth-order valence-corrected chi connectivity index (χ4v) is 5.55. The summed E-state index contributed by atoms with van der Waals surface area (Å²) in [6, 6.07) is 1.71. The van der Waals surface area contributed by atoms with Crippen LogP contribution in [0.3, 0.4) is 0 Å². The maximum absolute atomic E-state index is 14.7. The number of carbonyl (C=O) groups excluding carboxylic acids is 1. The van der Waals surface area contributed by atoms with E-state index in [0.717, 1.165) is 76.9 Å². The third kappa shape index (κ3) is 2.95. The van der Waals surface area contributed by atoms with E-state index in [0.29, 0.717) is 12.1 Å². The van der Waals surface area contributed by atoms with Gasteiger partial charge >= 0.3 is 5.97 Å². The molecule has 0 radical (unpaired) electrons. The van der Waals surface area contributed by atoms with Gasteiger partial charge < -0.3 is 14.7 Å². The van der Waals surface area contributed by atoms with E-state index in [9.17, 15) is 14.3 Å². The molecule has 0 spiro atoms. The molecule has 4 aliphatic rings. The van der Waals surface area contributed by atoms with E-state index in [-0.39, 0.29) is 12.4 Å². The largest absolute Gasteiger partial charge is 0.459 e. The molecule has 166 valence electrons. The molecule has 1 saturated heterocycles. The number of aryl methyl sites for hydroxylation is 1. The fourth-order valence-electron chi connectivity index (χ4n) is 5.55. The quantitative estimate of drug-likeness (QED) is 0.689. The number of hydrogen-bond acceptors (Lipinski definition) is 4. The van der Waals surface area contributed by atoms with Gasteiger partial charge in [0.1, 0.15) is 12.4 Å². The van der Waals surface area contributed by atoms with Crippen molar-refractivity contribution in [3.05, 3.63) is 87.1 Å². The van der Waals surface area contributed by atoms with Crippen LogP contribution in [0.2, 0.25) is 0 Å². The molecule has 32 heavy (non-hydrogen) atoms. The number of esters is 1. The van der Waals surface area contributed by atoms with Gasteiger partial charge in [0, 0.05) is 29.1 Å². The van der Waals surface area contributed by atoms with Crippen LogP contribution in [0.25, 0.3) is 5.57 Å². The van der Waals surface area contributed by atoms with Crippen LogP contribution in [0.5, 0.6) is 0 Å². The van der Waals surface area contributed by atoms with Gasteiger partial charge in [-0.2, -0.15) is 0 Å². The number of fused-ring (bicyclic) bond motifs is 2. The van der Waals surface area contributed by atoms with Crippen molar-refractivity contribution in [3.63, 3.8) is 0 Å². The van der Waals surface area contributed by atoms with Crippen LogP contribution in [0.1, 0.15) is 48.4 Å². The molecule has 1 aliphatic carbocycles. The van der Waals surface area contributed by atoms with Crippen LogP contribution < -0.4 is 0 Å². The van der Waals surface area contributed by atoms with Gasteiger partial charge in [0.05, 0.1) is 0 Å². The van der Waals surface area contributed by atoms with E-state index in [1.807, 2.05) is 13.0 Å². The van der Waals surface area contributed by atoms with Crippen LogP contribution in [-0.4, -0.2) is 35.2 Å². The number of aliphatic hydroxyl groups is 1. The number of aliphatic hydroxyl groups excluding tert-OH is 1. The zero-order valence-corrected chi connectivity index (χ0v) is 18.7. The molecule has 5 heteroatoms. The third-order valence-corrected chi connectivity index (χ3v) is 7.25. The summed E-state index contributed by atoms with van der Waals surface area (Å²) in [5, 5.41) is 10.4. The first-order valence-corrected chi connectivity index (χ1v) is 11.3. The first-order valence-electron chi connectivity index (χ1n) is 11.3. The Labute approximate surface area is 188 Å². The summed E-state index contributed by atoms with van der Waals surface area (Å²) in [7, 11) is 0. The molecule has 1 atom stereocenters. The maximum Gasteiger partial charge on any atom is 0.340 e. The topological polar surface area (TPSA) is 49.8 Å². The second kappa shape index (κ2) is 7.59. The summed E-state index contributed by atoms with van der Waals surface area (Å²) in [6.07, 6.45) is 5.14. The summed E-state index contributed by atoms with van der Waals surface area (Å²) in [6.45, 7) is 13.4. The number of nitrogens with zero attached hydrogens (tertiary/aromatic N) is 1. The van der Waals surface area contributed by atoms with Gasteiger partial charge in [-0.3, -0.25) is 0 Å². The average molecular weight is 434 g/mol. The number of rotatable bonds is 2. The zero-order valence-electron chi connectivity index (χ0n) is 18.7. The molecule has 0 amide bonds. The molecule has 4 nitrogen and oxygen atoms in total. The molecular weight excluding hydrogens is 405 g/mol. The normalized spacial score (nSPS) is 24.9. The van der Waals surface area contributed by atoms with E-state index in [1.165, 1.54) is 11.1 Å². The molecule has 1 N–H and O–H groups in total. The van der Waals surface area contributed by atoms with Gasteiger partial charge in [-0.05, 0) is 83.7 Å².